The van der Waals surface area contributed by atoms with Crippen LogP contribution >= 0.6 is 0 Å². The van der Waals surface area contributed by atoms with E-state index in [2.05, 4.69) is 5.16 Å². The van der Waals surface area contributed by atoms with Gasteiger partial charge < -0.3 is 20.9 Å². The second-order valence-corrected chi connectivity index (χ2v) is 5.23. The Balaban J connectivity index is 2.11. The first-order valence-corrected chi connectivity index (χ1v) is 6.55. The Morgan fingerprint density at radius 1 is 1.44 bits per heavy atom. The Labute approximate surface area is 106 Å². The lowest BCUT2D eigenvalue weighted by Crippen LogP contribution is -2.50. The molecule has 1 saturated carbocycles. The average Bonchev–Trinajstić information content (AvgIpc) is 3.19. The van der Waals surface area contributed by atoms with Gasteiger partial charge in [0.1, 0.15) is 5.41 Å². The highest BCUT2D eigenvalue weighted by Gasteiger charge is 2.56. The summed E-state index contributed by atoms with van der Waals surface area (Å²) in [5.41, 5.74) is 4.88. The predicted octanol–water partition coefficient (Wildman–Crippen LogP) is 0.276. The number of nitrogens with zero attached hydrogens (tertiary/aromatic N) is 2. The van der Waals surface area contributed by atoms with Crippen LogP contribution in [0.5, 0.6) is 0 Å². The molecule has 0 aromatic heterocycles. The Bertz CT molecular complexity index is 350. The minimum Gasteiger partial charge on any atom is -0.409 e. The van der Waals surface area contributed by atoms with Gasteiger partial charge in [-0.2, -0.15) is 0 Å². The summed E-state index contributed by atoms with van der Waals surface area (Å²) in [6.07, 6.45) is 4.93. The fraction of sp³-hybridized carbons (Fsp3) is 0.833. The molecule has 0 aromatic rings. The maximum absolute atomic E-state index is 12.5. The Hall–Kier alpha value is -1.30. The van der Waals surface area contributed by atoms with Gasteiger partial charge in [0, 0.05) is 19.2 Å². The van der Waals surface area contributed by atoms with Crippen molar-refractivity contribution in [3.8, 4) is 0 Å². The van der Waals surface area contributed by atoms with E-state index in [0.717, 1.165) is 19.3 Å². The van der Waals surface area contributed by atoms with Gasteiger partial charge in [-0.25, -0.2) is 0 Å². The number of oxime groups is 1. The number of amidine groups is 1. The van der Waals surface area contributed by atoms with E-state index in [0.29, 0.717) is 25.8 Å². The van der Waals surface area contributed by atoms with Crippen LogP contribution in [0, 0.1) is 5.41 Å². The molecule has 6 heteroatoms. The van der Waals surface area contributed by atoms with Crippen LogP contribution in [0.15, 0.2) is 5.16 Å². The lowest BCUT2D eigenvalue weighted by atomic mass is 9.95. The molecule has 1 heterocycles. The highest BCUT2D eigenvalue weighted by molar-refractivity contribution is 6.09. The zero-order valence-corrected chi connectivity index (χ0v) is 10.5. The molecule has 2 fully saturated rings. The number of carbonyl (C=O) groups excluding carboxylic acids is 1. The summed E-state index contributed by atoms with van der Waals surface area (Å²) >= 11 is 0. The van der Waals surface area contributed by atoms with E-state index in [1.807, 2.05) is 4.90 Å². The monoisotopic (exact) mass is 255 g/mol. The number of nitrogens with two attached hydrogens (primary N) is 1. The number of aliphatic hydroxyl groups is 1. The molecule has 18 heavy (non-hydrogen) atoms. The molecule has 1 atom stereocenters. The fourth-order valence-electron chi connectivity index (χ4n) is 2.79. The third-order valence-electron chi connectivity index (χ3n) is 4.11. The van der Waals surface area contributed by atoms with Crippen molar-refractivity contribution in [3.63, 3.8) is 0 Å². The van der Waals surface area contributed by atoms with Crippen LogP contribution < -0.4 is 5.73 Å². The van der Waals surface area contributed by atoms with Crippen LogP contribution in [0.4, 0.5) is 0 Å². The second kappa shape index (κ2) is 5.14. The van der Waals surface area contributed by atoms with Gasteiger partial charge in [0.25, 0.3) is 0 Å². The van der Waals surface area contributed by atoms with Crippen molar-refractivity contribution in [2.24, 2.45) is 16.3 Å². The third-order valence-corrected chi connectivity index (χ3v) is 4.11. The summed E-state index contributed by atoms with van der Waals surface area (Å²) in [7, 11) is 0. The van der Waals surface area contributed by atoms with Crippen molar-refractivity contribution in [1.29, 1.82) is 0 Å². The van der Waals surface area contributed by atoms with Gasteiger partial charge in [-0.1, -0.05) is 5.16 Å². The molecule has 0 bridgehead atoms. The van der Waals surface area contributed by atoms with Crippen molar-refractivity contribution < 1.29 is 15.1 Å². The Morgan fingerprint density at radius 2 is 2.17 bits per heavy atom. The highest BCUT2D eigenvalue weighted by Crippen LogP contribution is 2.48. The van der Waals surface area contributed by atoms with Gasteiger partial charge in [0.05, 0.1) is 0 Å². The van der Waals surface area contributed by atoms with Crippen molar-refractivity contribution in [3.05, 3.63) is 0 Å². The first-order chi connectivity index (χ1) is 8.65. The summed E-state index contributed by atoms with van der Waals surface area (Å²) in [5.74, 6) is -0.00299. The SMILES string of the molecule is NC(=NO)C1(C(=O)N2CCCCC2CCO)CC1. The number of rotatable bonds is 4. The van der Waals surface area contributed by atoms with Crippen LogP contribution in [0.25, 0.3) is 0 Å². The summed E-state index contributed by atoms with van der Waals surface area (Å²) in [6.45, 7) is 0.801. The van der Waals surface area contributed by atoms with Gasteiger partial charge in [-0.15, -0.1) is 0 Å². The fourth-order valence-corrected chi connectivity index (χ4v) is 2.79. The Kier molecular flexibility index (Phi) is 3.75. The topological polar surface area (TPSA) is 99.2 Å². The van der Waals surface area contributed by atoms with Crippen LogP contribution in [0.3, 0.4) is 0 Å². The van der Waals surface area contributed by atoms with Crippen molar-refractivity contribution in [2.45, 2.75) is 44.6 Å². The molecule has 4 N–H and O–H groups in total. The number of likely N-dealkylation sites (tertiary alicyclic amines) is 1. The molecule has 0 radical (unpaired) electrons. The molecule has 1 saturated heterocycles. The third kappa shape index (κ3) is 2.16. The summed E-state index contributed by atoms with van der Waals surface area (Å²) in [6, 6.07) is 0.0974. The first-order valence-electron chi connectivity index (χ1n) is 6.55. The normalized spacial score (nSPS) is 27.1. The molecule has 1 unspecified atom stereocenters. The quantitative estimate of drug-likeness (QED) is 0.291. The lowest BCUT2D eigenvalue weighted by molar-refractivity contribution is -0.138. The molecular formula is C12H21N3O3. The standard InChI is InChI=1S/C12H21N3O3/c13-10(14-18)12(5-6-12)11(17)15-7-2-1-3-9(15)4-8-16/h9,16,18H,1-8H2,(H2,13,14). The number of hydrogen-bond acceptors (Lipinski definition) is 4. The van der Waals surface area contributed by atoms with Gasteiger partial charge in [0.15, 0.2) is 5.84 Å². The number of carbonyl (C=O) groups is 1. The zero-order valence-electron chi connectivity index (χ0n) is 10.5. The van der Waals surface area contributed by atoms with Crippen molar-refractivity contribution >= 4 is 11.7 Å². The minimum absolute atomic E-state index is 0.0285. The van der Waals surface area contributed by atoms with E-state index >= 15 is 0 Å². The highest BCUT2D eigenvalue weighted by atomic mass is 16.4. The molecule has 1 aliphatic carbocycles. The molecule has 6 nitrogen and oxygen atoms in total. The first kappa shape index (κ1) is 13.1. The van der Waals surface area contributed by atoms with Crippen LogP contribution in [0.2, 0.25) is 0 Å². The predicted molar refractivity (Wildman–Crippen MR) is 66.1 cm³/mol. The van der Waals surface area contributed by atoms with E-state index in [4.69, 9.17) is 16.0 Å². The van der Waals surface area contributed by atoms with Gasteiger partial charge in [-0.3, -0.25) is 4.79 Å². The van der Waals surface area contributed by atoms with E-state index in [1.165, 1.54) is 0 Å². The second-order valence-electron chi connectivity index (χ2n) is 5.23. The minimum atomic E-state index is -0.764. The van der Waals surface area contributed by atoms with E-state index in [9.17, 15) is 4.79 Å². The largest absolute Gasteiger partial charge is 0.409 e. The zero-order chi connectivity index (χ0) is 13.2. The van der Waals surface area contributed by atoms with Crippen LogP contribution in [0.1, 0.15) is 38.5 Å². The molecule has 0 aromatic carbocycles. The molecular weight excluding hydrogens is 234 g/mol. The maximum Gasteiger partial charge on any atom is 0.236 e. The smallest absolute Gasteiger partial charge is 0.236 e. The summed E-state index contributed by atoms with van der Waals surface area (Å²) in [4.78, 5) is 14.4. The van der Waals surface area contributed by atoms with E-state index in [1.54, 1.807) is 0 Å². The number of piperidine rings is 1. The van der Waals surface area contributed by atoms with Gasteiger partial charge >= 0.3 is 0 Å². The van der Waals surface area contributed by atoms with Crippen LogP contribution in [-0.4, -0.2) is 46.1 Å². The number of amides is 1. The Morgan fingerprint density at radius 3 is 2.72 bits per heavy atom. The summed E-state index contributed by atoms with van der Waals surface area (Å²) in [5, 5.41) is 20.9. The van der Waals surface area contributed by atoms with Gasteiger partial charge in [0.2, 0.25) is 5.91 Å². The molecule has 2 aliphatic rings. The number of aliphatic hydroxyl groups excluding tert-OH is 1. The van der Waals surface area contributed by atoms with E-state index < -0.39 is 5.41 Å². The molecule has 2 rings (SSSR count). The molecule has 1 amide bonds. The molecule has 1 aliphatic heterocycles. The van der Waals surface area contributed by atoms with E-state index in [-0.39, 0.29) is 24.4 Å². The molecule has 0 spiro atoms. The van der Waals surface area contributed by atoms with Crippen molar-refractivity contribution in [1.82, 2.24) is 4.90 Å². The van der Waals surface area contributed by atoms with Crippen LogP contribution in [-0.2, 0) is 4.79 Å². The maximum atomic E-state index is 12.5. The number of hydrogen-bond donors (Lipinski definition) is 3. The average molecular weight is 255 g/mol. The summed E-state index contributed by atoms with van der Waals surface area (Å²) < 4.78 is 0. The molecule has 102 valence electrons. The lowest BCUT2D eigenvalue weighted by Gasteiger charge is -2.37. The van der Waals surface area contributed by atoms with Gasteiger partial charge in [-0.05, 0) is 38.5 Å². The van der Waals surface area contributed by atoms with Crippen molar-refractivity contribution in [2.75, 3.05) is 13.2 Å².